The van der Waals surface area contributed by atoms with E-state index in [-0.39, 0.29) is 30.4 Å². The lowest BCUT2D eigenvalue weighted by Gasteiger charge is -2.47. The Morgan fingerprint density at radius 2 is 1.69 bits per heavy atom. The number of nitrogens with zero attached hydrogens (tertiary/aromatic N) is 2. The van der Waals surface area contributed by atoms with E-state index in [2.05, 4.69) is 13.8 Å². The van der Waals surface area contributed by atoms with Crippen LogP contribution in [0.1, 0.15) is 83.2 Å². The Kier molecular flexibility index (Phi) is 7.27. The SMILES string of the molecule is CCCOc1ccc([C@@H]2C(=O)N(C3CCC(C)CC3)CC(=O)N2C2CCCC2)cc1OC. The van der Waals surface area contributed by atoms with Crippen molar-refractivity contribution in [3.8, 4) is 11.5 Å². The number of piperazine rings is 1. The number of carbonyl (C=O) groups excluding carboxylic acids is 2. The van der Waals surface area contributed by atoms with Crippen molar-refractivity contribution in [3.63, 3.8) is 0 Å². The lowest BCUT2D eigenvalue weighted by molar-refractivity contribution is -0.162. The summed E-state index contributed by atoms with van der Waals surface area (Å²) in [5.74, 6) is 2.16. The van der Waals surface area contributed by atoms with Crippen LogP contribution in [0.2, 0.25) is 0 Å². The second-order valence-corrected chi connectivity index (χ2v) is 9.78. The third-order valence-corrected chi connectivity index (χ3v) is 7.50. The van der Waals surface area contributed by atoms with Crippen LogP contribution in [0.25, 0.3) is 0 Å². The number of ether oxygens (including phenoxy) is 2. The van der Waals surface area contributed by atoms with Crippen molar-refractivity contribution >= 4 is 11.8 Å². The van der Waals surface area contributed by atoms with Gasteiger partial charge < -0.3 is 19.3 Å². The molecule has 1 aromatic carbocycles. The van der Waals surface area contributed by atoms with Gasteiger partial charge in [-0.1, -0.05) is 32.8 Å². The molecule has 0 N–H and O–H groups in total. The second kappa shape index (κ2) is 10.1. The van der Waals surface area contributed by atoms with E-state index >= 15 is 0 Å². The predicted molar refractivity (Wildman–Crippen MR) is 124 cm³/mol. The minimum absolute atomic E-state index is 0.0698. The zero-order chi connectivity index (χ0) is 22.7. The van der Waals surface area contributed by atoms with Crippen LogP contribution in [-0.2, 0) is 9.59 Å². The summed E-state index contributed by atoms with van der Waals surface area (Å²) in [5.41, 5.74) is 0.824. The molecule has 32 heavy (non-hydrogen) atoms. The molecule has 0 aromatic heterocycles. The van der Waals surface area contributed by atoms with E-state index in [1.807, 2.05) is 28.0 Å². The molecule has 6 heteroatoms. The van der Waals surface area contributed by atoms with Crippen molar-refractivity contribution in [2.45, 2.75) is 89.8 Å². The molecule has 6 nitrogen and oxygen atoms in total. The Bertz CT molecular complexity index is 812. The molecule has 0 bridgehead atoms. The van der Waals surface area contributed by atoms with Crippen LogP contribution in [0.15, 0.2) is 18.2 Å². The van der Waals surface area contributed by atoms with Crippen LogP contribution in [-0.4, -0.2) is 54.0 Å². The first-order valence-corrected chi connectivity index (χ1v) is 12.5. The highest BCUT2D eigenvalue weighted by atomic mass is 16.5. The standard InChI is InChI=1S/C26H38N2O4/c1-4-15-32-22-14-11-19(16-23(22)31-3)25-26(30)27(20-12-9-18(2)10-13-20)17-24(29)28(25)21-7-5-6-8-21/h11,14,16,18,20-21,25H,4-10,12-13,15,17H2,1-3H3/t18?,20?,25-/m1/s1. The Morgan fingerprint density at radius 3 is 2.34 bits per heavy atom. The van der Waals surface area contributed by atoms with E-state index in [1.165, 1.54) is 0 Å². The highest BCUT2D eigenvalue weighted by Gasteiger charge is 2.46. The molecule has 2 amide bonds. The van der Waals surface area contributed by atoms with Gasteiger partial charge in [-0.25, -0.2) is 0 Å². The zero-order valence-electron chi connectivity index (χ0n) is 19.8. The van der Waals surface area contributed by atoms with Gasteiger partial charge in [-0.15, -0.1) is 0 Å². The average Bonchev–Trinajstić information content (AvgIpc) is 3.33. The van der Waals surface area contributed by atoms with Gasteiger partial charge in [-0.3, -0.25) is 9.59 Å². The molecule has 2 aliphatic carbocycles. The molecule has 0 spiro atoms. The molecular formula is C26H38N2O4. The fourth-order valence-electron chi connectivity index (χ4n) is 5.67. The van der Waals surface area contributed by atoms with Crippen molar-refractivity contribution < 1.29 is 19.1 Å². The van der Waals surface area contributed by atoms with Gasteiger partial charge >= 0.3 is 0 Å². The largest absolute Gasteiger partial charge is 0.493 e. The molecule has 1 aliphatic heterocycles. The molecule has 1 atom stereocenters. The summed E-state index contributed by atoms with van der Waals surface area (Å²) in [4.78, 5) is 31.2. The minimum Gasteiger partial charge on any atom is -0.493 e. The summed E-state index contributed by atoms with van der Waals surface area (Å²) < 4.78 is 11.4. The molecule has 176 valence electrons. The first kappa shape index (κ1) is 22.9. The number of rotatable bonds is 7. The van der Waals surface area contributed by atoms with Crippen LogP contribution in [0.5, 0.6) is 11.5 Å². The van der Waals surface area contributed by atoms with Gasteiger partial charge in [-0.2, -0.15) is 0 Å². The molecule has 4 rings (SSSR count). The quantitative estimate of drug-likeness (QED) is 0.613. The average molecular weight is 443 g/mol. The van der Waals surface area contributed by atoms with E-state index in [0.29, 0.717) is 24.0 Å². The fourth-order valence-corrected chi connectivity index (χ4v) is 5.67. The number of benzene rings is 1. The lowest BCUT2D eigenvalue weighted by atomic mass is 9.85. The van der Waals surface area contributed by atoms with E-state index in [4.69, 9.17) is 9.47 Å². The van der Waals surface area contributed by atoms with Gasteiger partial charge in [0, 0.05) is 12.1 Å². The molecule has 1 heterocycles. The monoisotopic (exact) mass is 442 g/mol. The molecule has 3 fully saturated rings. The van der Waals surface area contributed by atoms with Crippen molar-refractivity contribution in [1.29, 1.82) is 0 Å². The molecule has 0 unspecified atom stereocenters. The van der Waals surface area contributed by atoms with Crippen molar-refractivity contribution in [2.24, 2.45) is 5.92 Å². The fraction of sp³-hybridized carbons (Fsp3) is 0.692. The lowest BCUT2D eigenvalue weighted by Crippen LogP contribution is -2.60. The van der Waals surface area contributed by atoms with Crippen molar-refractivity contribution in [1.82, 2.24) is 9.80 Å². The van der Waals surface area contributed by atoms with Gasteiger partial charge in [-0.05, 0) is 68.6 Å². The minimum atomic E-state index is -0.576. The van der Waals surface area contributed by atoms with Crippen LogP contribution >= 0.6 is 0 Å². The van der Waals surface area contributed by atoms with Gasteiger partial charge in [0.15, 0.2) is 11.5 Å². The normalized spacial score (nSPS) is 27.2. The van der Waals surface area contributed by atoms with Gasteiger partial charge in [0.05, 0.1) is 13.7 Å². The number of hydrogen-bond donors (Lipinski definition) is 0. The summed E-state index contributed by atoms with van der Waals surface area (Å²) in [6.45, 7) is 5.17. The number of carbonyl (C=O) groups is 2. The highest BCUT2D eigenvalue weighted by Crippen LogP contribution is 2.40. The summed E-state index contributed by atoms with van der Waals surface area (Å²) in [6.07, 6.45) is 9.32. The number of hydrogen-bond acceptors (Lipinski definition) is 4. The van der Waals surface area contributed by atoms with Gasteiger partial charge in [0.1, 0.15) is 12.6 Å². The Balaban J connectivity index is 1.67. The maximum absolute atomic E-state index is 13.9. The molecule has 1 aromatic rings. The van der Waals surface area contributed by atoms with E-state index < -0.39 is 6.04 Å². The maximum atomic E-state index is 13.9. The van der Waals surface area contributed by atoms with Crippen molar-refractivity contribution in [2.75, 3.05) is 20.3 Å². The summed E-state index contributed by atoms with van der Waals surface area (Å²) in [5, 5.41) is 0. The van der Waals surface area contributed by atoms with Crippen molar-refractivity contribution in [3.05, 3.63) is 23.8 Å². The molecule has 2 saturated carbocycles. The molecule has 1 saturated heterocycles. The van der Waals surface area contributed by atoms with Crippen LogP contribution < -0.4 is 9.47 Å². The summed E-state index contributed by atoms with van der Waals surface area (Å²) >= 11 is 0. The molecule has 0 radical (unpaired) electrons. The summed E-state index contributed by atoms with van der Waals surface area (Å²) in [7, 11) is 1.62. The number of amides is 2. The van der Waals surface area contributed by atoms with E-state index in [1.54, 1.807) is 7.11 Å². The Hall–Kier alpha value is -2.24. The van der Waals surface area contributed by atoms with Gasteiger partial charge in [0.25, 0.3) is 5.91 Å². The van der Waals surface area contributed by atoms with E-state index in [0.717, 1.165) is 63.4 Å². The van der Waals surface area contributed by atoms with E-state index in [9.17, 15) is 9.59 Å². The smallest absolute Gasteiger partial charge is 0.250 e. The maximum Gasteiger partial charge on any atom is 0.250 e. The molecule has 3 aliphatic rings. The van der Waals surface area contributed by atoms with Crippen LogP contribution in [0.3, 0.4) is 0 Å². The highest BCUT2D eigenvalue weighted by molar-refractivity contribution is 5.96. The molecular weight excluding hydrogens is 404 g/mol. The Morgan fingerprint density at radius 1 is 0.969 bits per heavy atom. The zero-order valence-corrected chi connectivity index (χ0v) is 19.8. The third-order valence-electron chi connectivity index (χ3n) is 7.50. The topological polar surface area (TPSA) is 59.1 Å². The van der Waals surface area contributed by atoms with Crippen LogP contribution in [0.4, 0.5) is 0 Å². The predicted octanol–water partition coefficient (Wildman–Crippen LogP) is 4.72. The van der Waals surface area contributed by atoms with Gasteiger partial charge in [0.2, 0.25) is 5.91 Å². The number of methoxy groups -OCH3 is 1. The third kappa shape index (κ3) is 4.60. The summed E-state index contributed by atoms with van der Waals surface area (Å²) in [6, 6.07) is 5.47. The van der Waals surface area contributed by atoms with Crippen LogP contribution in [0, 0.1) is 5.92 Å². The Labute approximate surface area is 192 Å². The first-order valence-electron chi connectivity index (χ1n) is 12.5. The first-order chi connectivity index (χ1) is 15.5. The second-order valence-electron chi connectivity index (χ2n) is 9.78.